The maximum Gasteiger partial charge on any atom is 0.203 e. The molecule has 0 saturated carbocycles. The van der Waals surface area contributed by atoms with Crippen LogP contribution in [-0.4, -0.2) is 27.2 Å². The highest BCUT2D eigenvalue weighted by Gasteiger charge is 2.12. The summed E-state index contributed by atoms with van der Waals surface area (Å²) in [5, 5.41) is 0. The second kappa shape index (κ2) is 6.40. The molecule has 0 heterocycles. The molecule has 0 unspecified atom stereocenters. The number of hydrogen-bond donors (Lipinski definition) is 0. The first-order chi connectivity index (χ1) is 8.15. The molecule has 0 aliphatic heterocycles. The Kier molecular flexibility index (Phi) is 5.16. The van der Waals surface area contributed by atoms with E-state index in [-0.39, 0.29) is 0 Å². The highest BCUT2D eigenvalue weighted by molar-refractivity contribution is 6.19. The Bertz CT molecular complexity index is 388. The van der Waals surface area contributed by atoms with Gasteiger partial charge in [-0.1, -0.05) is 11.6 Å². The topological polar surface area (TPSA) is 27.7 Å². The Morgan fingerprint density at radius 2 is 1.65 bits per heavy atom. The molecule has 0 atom stereocenters. The first-order valence-electron chi connectivity index (χ1n) is 5.19. The van der Waals surface area contributed by atoms with E-state index >= 15 is 0 Å². The Morgan fingerprint density at radius 1 is 1.12 bits per heavy atom. The minimum Gasteiger partial charge on any atom is -0.493 e. The van der Waals surface area contributed by atoms with Gasteiger partial charge in [0.15, 0.2) is 11.5 Å². The third-order valence-corrected chi connectivity index (χ3v) is 2.73. The third kappa shape index (κ3) is 3.30. The highest BCUT2D eigenvalue weighted by atomic mass is 35.5. The number of rotatable bonds is 5. The molecule has 0 radical (unpaired) electrons. The number of halogens is 1. The molecule has 4 heteroatoms. The van der Waals surface area contributed by atoms with Crippen LogP contribution in [0, 0.1) is 0 Å². The Morgan fingerprint density at radius 3 is 2.00 bits per heavy atom. The maximum atomic E-state index is 5.75. The predicted octanol–water partition coefficient (Wildman–Crippen LogP) is 3.35. The van der Waals surface area contributed by atoms with Crippen molar-refractivity contribution >= 4 is 17.7 Å². The van der Waals surface area contributed by atoms with E-state index < -0.39 is 0 Å². The summed E-state index contributed by atoms with van der Waals surface area (Å²) in [5.74, 6) is 2.37. The minimum absolute atomic E-state index is 0.497. The predicted molar refractivity (Wildman–Crippen MR) is 70.5 cm³/mol. The summed E-state index contributed by atoms with van der Waals surface area (Å²) in [4.78, 5) is 0. The molecule has 17 heavy (non-hydrogen) atoms. The minimum atomic E-state index is 0.497. The smallest absolute Gasteiger partial charge is 0.203 e. The van der Waals surface area contributed by atoms with E-state index in [0.717, 1.165) is 11.1 Å². The van der Waals surface area contributed by atoms with Crippen LogP contribution in [0.2, 0.25) is 0 Å². The van der Waals surface area contributed by atoms with E-state index in [4.69, 9.17) is 25.8 Å². The number of alkyl halides is 1. The van der Waals surface area contributed by atoms with Crippen LogP contribution in [-0.2, 0) is 0 Å². The van der Waals surface area contributed by atoms with Gasteiger partial charge in [-0.15, -0.1) is 11.6 Å². The molecule has 0 bridgehead atoms. The van der Waals surface area contributed by atoms with Gasteiger partial charge >= 0.3 is 0 Å². The molecule has 0 aromatic heterocycles. The summed E-state index contributed by atoms with van der Waals surface area (Å²) >= 11 is 5.75. The van der Waals surface area contributed by atoms with Crippen LogP contribution < -0.4 is 14.2 Å². The van der Waals surface area contributed by atoms with E-state index in [1.54, 1.807) is 21.3 Å². The van der Waals surface area contributed by atoms with Crippen molar-refractivity contribution in [2.45, 2.75) is 6.92 Å². The van der Waals surface area contributed by atoms with Crippen molar-refractivity contribution in [3.8, 4) is 17.2 Å². The van der Waals surface area contributed by atoms with Gasteiger partial charge in [0.1, 0.15) is 0 Å². The number of methoxy groups -OCH3 is 3. The number of allylic oxidation sites excluding steroid dienone is 1. The second-order valence-electron chi connectivity index (χ2n) is 3.58. The molecule has 1 rings (SSSR count). The molecule has 0 saturated heterocycles. The van der Waals surface area contributed by atoms with E-state index in [0.29, 0.717) is 23.1 Å². The van der Waals surface area contributed by atoms with Crippen molar-refractivity contribution in [2.24, 2.45) is 0 Å². The summed E-state index contributed by atoms with van der Waals surface area (Å²) in [6.07, 6.45) is 1.98. The third-order valence-electron chi connectivity index (χ3n) is 2.31. The SMILES string of the molecule is COc1cc(C=C(C)CCl)cc(OC)c1OC. The summed E-state index contributed by atoms with van der Waals surface area (Å²) in [6.45, 7) is 1.97. The zero-order chi connectivity index (χ0) is 12.8. The molecule has 1 aromatic rings. The van der Waals surface area contributed by atoms with Crippen LogP contribution in [0.3, 0.4) is 0 Å². The van der Waals surface area contributed by atoms with E-state index in [1.807, 2.05) is 25.1 Å². The number of benzene rings is 1. The molecule has 0 aliphatic rings. The van der Waals surface area contributed by atoms with Gasteiger partial charge in [-0.2, -0.15) is 0 Å². The van der Waals surface area contributed by atoms with Crippen molar-refractivity contribution in [3.63, 3.8) is 0 Å². The van der Waals surface area contributed by atoms with Crippen LogP contribution >= 0.6 is 11.6 Å². The first kappa shape index (κ1) is 13.7. The van der Waals surface area contributed by atoms with E-state index in [2.05, 4.69) is 0 Å². The highest BCUT2D eigenvalue weighted by Crippen LogP contribution is 2.38. The van der Waals surface area contributed by atoms with Crippen LogP contribution in [0.15, 0.2) is 17.7 Å². The van der Waals surface area contributed by atoms with Gasteiger partial charge in [0, 0.05) is 5.88 Å². The van der Waals surface area contributed by atoms with E-state index in [1.165, 1.54) is 0 Å². The number of ether oxygens (including phenoxy) is 3. The molecule has 1 aromatic carbocycles. The molecule has 94 valence electrons. The van der Waals surface area contributed by atoms with Gasteiger partial charge in [-0.25, -0.2) is 0 Å². The van der Waals surface area contributed by atoms with Gasteiger partial charge in [-0.05, 0) is 24.6 Å². The quantitative estimate of drug-likeness (QED) is 0.756. The molecule has 0 fully saturated rings. The molecule has 0 amide bonds. The van der Waals surface area contributed by atoms with Crippen molar-refractivity contribution in [1.29, 1.82) is 0 Å². The van der Waals surface area contributed by atoms with Crippen molar-refractivity contribution in [2.75, 3.05) is 27.2 Å². The average molecular weight is 257 g/mol. The molecular formula is C13H17ClO3. The lowest BCUT2D eigenvalue weighted by Gasteiger charge is -2.13. The van der Waals surface area contributed by atoms with Gasteiger partial charge < -0.3 is 14.2 Å². The van der Waals surface area contributed by atoms with Gasteiger partial charge in [0.05, 0.1) is 21.3 Å². The second-order valence-corrected chi connectivity index (χ2v) is 3.85. The Hall–Kier alpha value is -1.35. The first-order valence-corrected chi connectivity index (χ1v) is 5.72. The fourth-order valence-electron chi connectivity index (χ4n) is 1.51. The lowest BCUT2D eigenvalue weighted by atomic mass is 10.1. The van der Waals surface area contributed by atoms with Gasteiger partial charge in [0.2, 0.25) is 5.75 Å². The van der Waals surface area contributed by atoms with Crippen LogP contribution in [0.1, 0.15) is 12.5 Å². The lowest BCUT2D eigenvalue weighted by molar-refractivity contribution is 0.324. The molecular weight excluding hydrogens is 240 g/mol. The van der Waals surface area contributed by atoms with Crippen molar-refractivity contribution in [3.05, 3.63) is 23.3 Å². The monoisotopic (exact) mass is 256 g/mol. The van der Waals surface area contributed by atoms with Crippen molar-refractivity contribution in [1.82, 2.24) is 0 Å². The maximum absolute atomic E-state index is 5.75. The lowest BCUT2D eigenvalue weighted by Crippen LogP contribution is -1.95. The summed E-state index contributed by atoms with van der Waals surface area (Å²) in [5.41, 5.74) is 2.04. The fraction of sp³-hybridized carbons (Fsp3) is 0.385. The standard InChI is InChI=1S/C13H17ClO3/c1-9(8-14)5-10-6-11(15-2)13(17-4)12(7-10)16-3/h5-7H,8H2,1-4H3. The zero-order valence-corrected chi connectivity index (χ0v) is 11.3. The van der Waals surface area contributed by atoms with Crippen LogP contribution in [0.4, 0.5) is 0 Å². The molecule has 0 N–H and O–H groups in total. The summed E-state index contributed by atoms with van der Waals surface area (Å²) in [7, 11) is 4.78. The number of hydrogen-bond acceptors (Lipinski definition) is 3. The summed E-state index contributed by atoms with van der Waals surface area (Å²) < 4.78 is 15.8. The normalized spacial score (nSPS) is 11.2. The largest absolute Gasteiger partial charge is 0.493 e. The fourth-order valence-corrected chi connectivity index (χ4v) is 1.58. The molecule has 3 nitrogen and oxygen atoms in total. The van der Waals surface area contributed by atoms with Crippen LogP contribution in [0.5, 0.6) is 17.2 Å². The van der Waals surface area contributed by atoms with Gasteiger partial charge in [-0.3, -0.25) is 0 Å². The van der Waals surface area contributed by atoms with Crippen molar-refractivity contribution < 1.29 is 14.2 Å². The Balaban J connectivity index is 3.27. The summed E-state index contributed by atoms with van der Waals surface area (Å²) in [6, 6.07) is 3.77. The zero-order valence-electron chi connectivity index (χ0n) is 10.5. The van der Waals surface area contributed by atoms with E-state index in [9.17, 15) is 0 Å². The van der Waals surface area contributed by atoms with Gasteiger partial charge in [0.25, 0.3) is 0 Å². The average Bonchev–Trinajstić information content (AvgIpc) is 2.37. The Labute approximate surface area is 107 Å². The van der Waals surface area contributed by atoms with Crippen LogP contribution in [0.25, 0.3) is 6.08 Å². The molecule has 0 spiro atoms. The molecule has 0 aliphatic carbocycles.